The van der Waals surface area contributed by atoms with E-state index < -0.39 is 0 Å². The molecule has 15 heavy (non-hydrogen) atoms. The first-order valence-electron chi connectivity index (χ1n) is 4.69. The molecule has 2 heterocycles. The van der Waals surface area contributed by atoms with E-state index in [1.54, 1.807) is 6.07 Å². The Bertz CT molecular complexity index is 384. The van der Waals surface area contributed by atoms with Gasteiger partial charge in [0.25, 0.3) is 0 Å². The summed E-state index contributed by atoms with van der Waals surface area (Å²) in [5.41, 5.74) is 0.709. The van der Waals surface area contributed by atoms with Gasteiger partial charge in [-0.05, 0) is 19.9 Å². The number of pyridine rings is 1. The van der Waals surface area contributed by atoms with E-state index in [1.807, 2.05) is 13.8 Å². The minimum absolute atomic E-state index is 0.166. The molecule has 1 fully saturated rings. The smallest absolute Gasteiger partial charge is 0.233 e. The highest BCUT2D eigenvalue weighted by Crippen LogP contribution is 2.29. The minimum atomic E-state index is 0.166. The molecule has 0 spiro atoms. The van der Waals surface area contributed by atoms with Gasteiger partial charge in [-0.25, -0.2) is 4.98 Å². The molecule has 0 N–H and O–H groups in total. The lowest BCUT2D eigenvalue weighted by Crippen LogP contribution is -2.08. The molecule has 2 unspecified atom stereocenters. The van der Waals surface area contributed by atoms with E-state index >= 15 is 0 Å². The van der Waals surface area contributed by atoms with E-state index in [2.05, 4.69) is 4.98 Å². The quantitative estimate of drug-likeness (QED) is 0.771. The second-order valence-electron chi connectivity index (χ2n) is 3.53. The summed E-state index contributed by atoms with van der Waals surface area (Å²) in [6.45, 7) is 4.28. The summed E-state index contributed by atoms with van der Waals surface area (Å²) in [4.78, 5) is 4.16. The molecule has 0 aliphatic carbocycles. The number of aryl methyl sites for hydroxylation is 1. The Balaban J connectivity index is 2.04. The first-order chi connectivity index (χ1) is 7.08. The molecule has 1 aliphatic heterocycles. The molecule has 0 radical (unpaired) electrons. The minimum Gasteiger partial charge on any atom is -0.474 e. The number of halogens is 2. The zero-order valence-electron chi connectivity index (χ0n) is 8.46. The topological polar surface area (TPSA) is 34.6 Å². The van der Waals surface area contributed by atoms with Crippen LogP contribution in [-0.4, -0.2) is 23.8 Å². The van der Waals surface area contributed by atoms with Crippen LogP contribution in [0.2, 0.25) is 10.0 Å². The van der Waals surface area contributed by atoms with E-state index in [0.29, 0.717) is 28.2 Å². The molecule has 1 aromatic rings. The summed E-state index contributed by atoms with van der Waals surface area (Å²) < 4.78 is 10.7. The van der Waals surface area contributed by atoms with E-state index in [1.165, 1.54) is 0 Å². The Labute approximate surface area is 98.3 Å². The Morgan fingerprint density at radius 3 is 2.73 bits per heavy atom. The maximum atomic E-state index is 5.93. The average molecular weight is 248 g/mol. The van der Waals surface area contributed by atoms with Crippen LogP contribution in [0.4, 0.5) is 0 Å². The van der Waals surface area contributed by atoms with Crippen LogP contribution in [0.1, 0.15) is 12.6 Å². The van der Waals surface area contributed by atoms with Crippen LogP contribution in [0.15, 0.2) is 6.07 Å². The molecule has 1 saturated heterocycles. The standard InChI is InChI=1S/C10H11Cl2NO2/c1-5-7(11)3-8(12)10(13-5)14-4-9-6(2)15-9/h3,6,9H,4H2,1-2H3. The van der Waals surface area contributed by atoms with Crippen LogP contribution in [-0.2, 0) is 4.74 Å². The van der Waals surface area contributed by atoms with Gasteiger partial charge < -0.3 is 9.47 Å². The molecule has 0 amide bonds. The van der Waals surface area contributed by atoms with Crippen molar-refractivity contribution in [3.05, 3.63) is 21.8 Å². The van der Waals surface area contributed by atoms with Crippen molar-refractivity contribution in [3.8, 4) is 5.88 Å². The Kier molecular flexibility index (Phi) is 3.05. The van der Waals surface area contributed by atoms with E-state index in [4.69, 9.17) is 32.7 Å². The summed E-state index contributed by atoms with van der Waals surface area (Å²) in [7, 11) is 0. The van der Waals surface area contributed by atoms with Crippen molar-refractivity contribution >= 4 is 23.2 Å². The van der Waals surface area contributed by atoms with Crippen LogP contribution in [0.25, 0.3) is 0 Å². The van der Waals surface area contributed by atoms with E-state index in [0.717, 1.165) is 0 Å². The number of epoxide rings is 1. The summed E-state index contributed by atoms with van der Waals surface area (Å²) in [5, 5.41) is 0.974. The summed E-state index contributed by atoms with van der Waals surface area (Å²) in [6.07, 6.45) is 0.441. The van der Waals surface area contributed by atoms with Crippen molar-refractivity contribution in [2.45, 2.75) is 26.1 Å². The van der Waals surface area contributed by atoms with Crippen molar-refractivity contribution in [2.24, 2.45) is 0 Å². The molecule has 1 aromatic heterocycles. The number of hydrogen-bond donors (Lipinski definition) is 0. The van der Waals surface area contributed by atoms with Crippen molar-refractivity contribution < 1.29 is 9.47 Å². The van der Waals surface area contributed by atoms with Crippen molar-refractivity contribution in [2.75, 3.05) is 6.61 Å². The van der Waals surface area contributed by atoms with Gasteiger partial charge in [-0.2, -0.15) is 0 Å². The lowest BCUT2D eigenvalue weighted by atomic mass is 10.3. The lowest BCUT2D eigenvalue weighted by Gasteiger charge is -2.07. The molecule has 0 aromatic carbocycles. The SMILES string of the molecule is Cc1nc(OCC2OC2C)c(Cl)cc1Cl. The van der Waals surface area contributed by atoms with Gasteiger partial charge in [-0.15, -0.1) is 0 Å². The molecule has 0 bridgehead atoms. The third-order valence-corrected chi connectivity index (χ3v) is 2.95. The Morgan fingerprint density at radius 1 is 1.47 bits per heavy atom. The van der Waals surface area contributed by atoms with Gasteiger partial charge in [0.2, 0.25) is 5.88 Å². The van der Waals surface area contributed by atoms with Crippen LogP contribution in [0.5, 0.6) is 5.88 Å². The molecular weight excluding hydrogens is 237 g/mol. The van der Waals surface area contributed by atoms with Crippen LogP contribution >= 0.6 is 23.2 Å². The average Bonchev–Trinajstić information content (AvgIpc) is 2.86. The number of rotatable bonds is 3. The number of aromatic nitrogens is 1. The van der Waals surface area contributed by atoms with Crippen LogP contribution in [0, 0.1) is 6.92 Å². The second kappa shape index (κ2) is 4.16. The van der Waals surface area contributed by atoms with Gasteiger partial charge in [0.15, 0.2) is 0 Å². The Hall–Kier alpha value is -0.510. The molecule has 0 saturated carbocycles. The maximum Gasteiger partial charge on any atom is 0.233 e. The predicted octanol–water partition coefficient (Wildman–Crippen LogP) is 2.86. The lowest BCUT2D eigenvalue weighted by molar-refractivity contribution is 0.253. The fourth-order valence-electron chi connectivity index (χ4n) is 1.20. The molecule has 1 aliphatic rings. The van der Waals surface area contributed by atoms with Crippen LogP contribution < -0.4 is 4.74 Å². The first kappa shape index (κ1) is 11.0. The number of nitrogens with zero attached hydrogens (tertiary/aromatic N) is 1. The van der Waals surface area contributed by atoms with Gasteiger partial charge in [0, 0.05) is 0 Å². The summed E-state index contributed by atoms with van der Waals surface area (Å²) in [5.74, 6) is 0.418. The molecule has 2 rings (SSSR count). The predicted molar refractivity (Wildman–Crippen MR) is 58.8 cm³/mol. The summed E-state index contributed by atoms with van der Waals surface area (Å²) >= 11 is 11.8. The molecule has 2 atom stereocenters. The third kappa shape index (κ3) is 2.54. The second-order valence-corrected chi connectivity index (χ2v) is 4.35. The van der Waals surface area contributed by atoms with Gasteiger partial charge in [0.1, 0.15) is 17.7 Å². The highest BCUT2D eigenvalue weighted by Gasteiger charge is 2.35. The maximum absolute atomic E-state index is 5.93. The van der Waals surface area contributed by atoms with Crippen molar-refractivity contribution in [1.82, 2.24) is 4.98 Å². The molecule has 82 valence electrons. The summed E-state index contributed by atoms with van der Waals surface area (Å²) in [6, 6.07) is 1.64. The highest BCUT2D eigenvalue weighted by molar-refractivity contribution is 6.35. The molecule has 3 nitrogen and oxygen atoms in total. The number of hydrogen-bond acceptors (Lipinski definition) is 3. The monoisotopic (exact) mass is 247 g/mol. The molecular formula is C10H11Cl2NO2. The van der Waals surface area contributed by atoms with E-state index in [-0.39, 0.29) is 12.2 Å². The first-order valence-corrected chi connectivity index (χ1v) is 5.44. The van der Waals surface area contributed by atoms with Gasteiger partial charge in [-0.3, -0.25) is 0 Å². The largest absolute Gasteiger partial charge is 0.474 e. The Morgan fingerprint density at radius 2 is 2.13 bits per heavy atom. The van der Waals surface area contributed by atoms with Crippen molar-refractivity contribution in [3.63, 3.8) is 0 Å². The van der Waals surface area contributed by atoms with Gasteiger partial charge >= 0.3 is 0 Å². The zero-order chi connectivity index (χ0) is 11.0. The zero-order valence-corrected chi connectivity index (χ0v) is 9.97. The van der Waals surface area contributed by atoms with Crippen molar-refractivity contribution in [1.29, 1.82) is 0 Å². The highest BCUT2D eigenvalue weighted by atomic mass is 35.5. The number of ether oxygens (including phenoxy) is 2. The third-order valence-electron chi connectivity index (χ3n) is 2.29. The van der Waals surface area contributed by atoms with Gasteiger partial charge in [-0.1, -0.05) is 23.2 Å². The fraction of sp³-hybridized carbons (Fsp3) is 0.500. The van der Waals surface area contributed by atoms with Gasteiger partial charge in [0.05, 0.1) is 16.8 Å². The fourth-order valence-corrected chi connectivity index (χ4v) is 1.62. The normalized spacial score (nSPS) is 24.0. The van der Waals surface area contributed by atoms with E-state index in [9.17, 15) is 0 Å². The van der Waals surface area contributed by atoms with Crippen LogP contribution in [0.3, 0.4) is 0 Å². The molecule has 5 heteroatoms.